The molecule has 0 saturated carbocycles. The number of carbonyl (C=O) groups is 10. The Morgan fingerprint density at radius 2 is 1.11 bits per heavy atom. The summed E-state index contributed by atoms with van der Waals surface area (Å²) in [5.74, 6) is -11.1. The molecular formula is C52H71N13O14S2. The number of hydrogen-bond donors (Lipinski definition) is 16. The van der Waals surface area contributed by atoms with Crippen molar-refractivity contribution in [3.8, 4) is 0 Å². The molecule has 1 aliphatic heterocycles. The number of benzene rings is 2. The van der Waals surface area contributed by atoms with Crippen molar-refractivity contribution in [1.82, 2.24) is 62.8 Å². The molecule has 81 heavy (non-hydrogen) atoms. The standard InChI is InChI=1S/C52H71N13O14S2/c1-25(2)15-35-46(72)62-39(52(78)79)23-81-80-22-33(53)44(70)63-43(28(5)68)51(77)65-42(27(4)67)50(76)61-38(18-31-20-54-24-57-31)47(73)59-37(17-30-19-55-34-14-10-9-13-32(30)34)45(71)56-21-40(69)58-36(16-29-11-7-6-8-12-29)48(74)64-41(26(3)66)49(75)60-35/h6-14,19-20,24-28,33,35-39,41-43,55,66-68H,15-18,21-23,53H2,1-5H3,(H,54,57)(H,56,71)(H,58,69)(H,59,73)(H,60,75)(H,61,76)(H,62,72)(H,63,70)(H,64,74)(H,65,77)(H,78,79)/t26-,27?,28-,33+,35?,36+,37+,38?,39+,41+,42+,43+/m1/s1. The summed E-state index contributed by atoms with van der Waals surface area (Å²) < 4.78 is 0. The first-order valence-corrected chi connectivity index (χ1v) is 28.4. The summed E-state index contributed by atoms with van der Waals surface area (Å²) in [6, 6.07) is 1.42. The molecule has 2 aromatic heterocycles. The number of aromatic nitrogens is 3. The van der Waals surface area contributed by atoms with Crippen LogP contribution in [0.25, 0.3) is 10.9 Å². The molecule has 440 valence electrons. The lowest BCUT2D eigenvalue weighted by molar-refractivity contribution is -0.142. The predicted octanol–water partition coefficient (Wildman–Crippen LogP) is -3.09. The van der Waals surface area contributed by atoms with E-state index in [1.54, 1.807) is 74.6 Å². The van der Waals surface area contributed by atoms with Gasteiger partial charge in [0.25, 0.3) is 0 Å². The molecule has 1 saturated heterocycles. The summed E-state index contributed by atoms with van der Waals surface area (Å²) in [5.41, 5.74) is 8.27. The van der Waals surface area contributed by atoms with Crippen molar-refractivity contribution in [1.29, 1.82) is 0 Å². The van der Waals surface area contributed by atoms with E-state index in [2.05, 4.69) is 62.8 Å². The Hall–Kier alpha value is -7.57. The van der Waals surface area contributed by atoms with Crippen molar-refractivity contribution in [3.05, 3.63) is 90.1 Å². The normalized spacial score (nSPS) is 25.6. The van der Waals surface area contributed by atoms with Gasteiger partial charge in [0.2, 0.25) is 53.2 Å². The zero-order valence-electron chi connectivity index (χ0n) is 45.1. The minimum absolute atomic E-state index is 0.0227. The molecule has 3 heterocycles. The maximum absolute atomic E-state index is 14.5. The molecule has 12 atom stereocenters. The van der Waals surface area contributed by atoms with Crippen LogP contribution in [0.3, 0.4) is 0 Å². The van der Waals surface area contributed by atoms with E-state index in [4.69, 9.17) is 5.73 Å². The minimum Gasteiger partial charge on any atom is -0.480 e. The van der Waals surface area contributed by atoms with Crippen molar-refractivity contribution in [2.24, 2.45) is 11.7 Å². The van der Waals surface area contributed by atoms with Crippen LogP contribution in [0.4, 0.5) is 0 Å². The van der Waals surface area contributed by atoms with Crippen LogP contribution in [0.1, 0.15) is 57.9 Å². The minimum atomic E-state index is -1.82. The molecule has 3 unspecified atom stereocenters. The van der Waals surface area contributed by atoms with E-state index in [1.807, 2.05) is 0 Å². The van der Waals surface area contributed by atoms with Gasteiger partial charge in [-0.1, -0.05) is 84.0 Å². The Morgan fingerprint density at radius 1 is 0.593 bits per heavy atom. The number of carboxylic acid groups (broad SMARTS) is 1. The lowest BCUT2D eigenvalue weighted by atomic mass is 10.0. The highest BCUT2D eigenvalue weighted by atomic mass is 33.1. The number of amides is 9. The van der Waals surface area contributed by atoms with E-state index in [1.165, 1.54) is 19.4 Å². The number of carboxylic acids is 1. The molecule has 0 radical (unpaired) electrons. The third kappa shape index (κ3) is 19.6. The first-order valence-electron chi connectivity index (χ1n) is 25.9. The van der Waals surface area contributed by atoms with Crippen molar-refractivity contribution < 1.29 is 68.4 Å². The van der Waals surface area contributed by atoms with Gasteiger partial charge in [-0.25, -0.2) is 9.78 Å². The summed E-state index contributed by atoms with van der Waals surface area (Å²) in [6.45, 7) is 6.22. The van der Waals surface area contributed by atoms with Gasteiger partial charge in [-0.2, -0.15) is 0 Å². The number of imidazole rings is 1. The number of hydrogen-bond acceptors (Lipinski definition) is 17. The Morgan fingerprint density at radius 3 is 1.72 bits per heavy atom. The lowest BCUT2D eigenvalue weighted by Crippen LogP contribution is -2.63. The number of nitrogens with two attached hydrogens (primary N) is 1. The number of aliphatic hydroxyl groups is 3. The van der Waals surface area contributed by atoms with E-state index in [9.17, 15) is 68.4 Å². The van der Waals surface area contributed by atoms with E-state index in [0.29, 0.717) is 27.7 Å². The fraction of sp³-hybridized carbons (Fsp3) is 0.481. The van der Waals surface area contributed by atoms with E-state index in [-0.39, 0.29) is 43.1 Å². The SMILES string of the molecule is CC(C)CC1NC(=O)[C@H]([C@@H](C)O)NC(=O)[C@H](Cc2ccccc2)NC(=O)CNC(=O)[C@H](Cc2c[nH]c3ccccc23)NC(=O)C(Cc2cnc[nH]2)NC(=O)[C@H](C(C)O)NC(=O)[C@H]([C@@H](C)O)NC(=O)[C@@H](N)CSSC[C@@H](C(=O)O)NC1=O. The zero-order valence-corrected chi connectivity index (χ0v) is 46.7. The number of carbonyl (C=O) groups excluding carboxylic acids is 9. The molecule has 1 aliphatic rings. The number of nitrogens with one attached hydrogen (secondary N) is 11. The van der Waals surface area contributed by atoms with Crippen molar-refractivity contribution >= 4 is 91.6 Å². The van der Waals surface area contributed by atoms with E-state index in [0.717, 1.165) is 35.4 Å². The average molecular weight is 1170 g/mol. The summed E-state index contributed by atoms with van der Waals surface area (Å²) >= 11 is 0. The summed E-state index contributed by atoms with van der Waals surface area (Å²) in [6.07, 6.45) is -1.20. The number of H-pyrrole nitrogens is 2. The number of aliphatic carboxylic acids is 1. The lowest BCUT2D eigenvalue weighted by Gasteiger charge is -2.28. The zero-order chi connectivity index (χ0) is 59.5. The molecule has 0 bridgehead atoms. The number of rotatable bonds is 12. The van der Waals surface area contributed by atoms with Crippen molar-refractivity contribution in [3.63, 3.8) is 0 Å². The molecule has 17 N–H and O–H groups in total. The predicted molar refractivity (Wildman–Crippen MR) is 298 cm³/mol. The highest BCUT2D eigenvalue weighted by Gasteiger charge is 2.38. The van der Waals surface area contributed by atoms with E-state index >= 15 is 0 Å². The molecule has 4 aromatic rings. The van der Waals surface area contributed by atoms with Crippen molar-refractivity contribution in [2.45, 2.75) is 133 Å². The van der Waals surface area contributed by atoms with Crippen LogP contribution in [0.2, 0.25) is 0 Å². The quantitative estimate of drug-likeness (QED) is 0.0625. The van der Waals surface area contributed by atoms with Crippen molar-refractivity contribution in [2.75, 3.05) is 18.1 Å². The first-order chi connectivity index (χ1) is 38.4. The van der Waals surface area contributed by atoms with Gasteiger partial charge in [0.15, 0.2) is 0 Å². The molecule has 5 rings (SSSR count). The summed E-state index contributed by atoms with van der Waals surface area (Å²) in [5, 5.41) is 65.4. The fourth-order valence-electron chi connectivity index (χ4n) is 8.38. The number of aromatic amines is 2. The second-order valence-corrected chi connectivity index (χ2v) is 22.5. The number of nitrogens with zero attached hydrogens (tertiary/aromatic N) is 1. The maximum atomic E-state index is 14.5. The molecule has 0 spiro atoms. The van der Waals surface area contributed by atoms with Crippen LogP contribution in [-0.4, -0.2) is 185 Å². The Labute approximate surface area is 473 Å². The van der Waals surface area contributed by atoms with Gasteiger partial charge in [-0.3, -0.25) is 43.2 Å². The Bertz CT molecular complexity index is 2820. The van der Waals surface area contributed by atoms with Gasteiger partial charge in [0.1, 0.15) is 48.3 Å². The second-order valence-electron chi connectivity index (χ2n) is 19.9. The number of para-hydroxylation sites is 1. The molecule has 1 fully saturated rings. The van der Waals surface area contributed by atoms with E-state index < -0.39 is 138 Å². The monoisotopic (exact) mass is 1170 g/mol. The summed E-state index contributed by atoms with van der Waals surface area (Å²) in [7, 11) is 1.84. The van der Waals surface area contributed by atoms with Gasteiger partial charge in [-0.15, -0.1) is 0 Å². The third-order valence-electron chi connectivity index (χ3n) is 12.7. The number of fused-ring (bicyclic) bond motifs is 1. The maximum Gasteiger partial charge on any atom is 0.327 e. The highest BCUT2D eigenvalue weighted by molar-refractivity contribution is 8.76. The molecule has 27 nitrogen and oxygen atoms in total. The average Bonchev–Trinajstić information content (AvgIpc) is 4.11. The molecule has 9 amide bonds. The van der Waals surface area contributed by atoms with Gasteiger partial charge >= 0.3 is 5.97 Å². The van der Waals surface area contributed by atoms with Crippen LogP contribution < -0.4 is 53.6 Å². The Balaban J connectivity index is 1.51. The van der Waals surface area contributed by atoms with Gasteiger partial charge in [-0.05, 0) is 50.3 Å². The molecule has 2 aromatic carbocycles. The van der Waals surface area contributed by atoms with Crippen LogP contribution in [0.15, 0.2) is 73.3 Å². The van der Waals surface area contributed by atoms with Crippen LogP contribution in [0.5, 0.6) is 0 Å². The molecular weight excluding hydrogens is 1090 g/mol. The Kier molecular flexibility index (Phi) is 24.5. The molecule has 29 heteroatoms. The smallest absolute Gasteiger partial charge is 0.327 e. The third-order valence-corrected chi connectivity index (χ3v) is 15.2. The van der Waals surface area contributed by atoms with Gasteiger partial charge in [0, 0.05) is 59.8 Å². The number of aliphatic hydroxyl groups excluding tert-OH is 3. The van der Waals surface area contributed by atoms with Gasteiger partial charge in [0.05, 0.1) is 37.2 Å². The van der Waals surface area contributed by atoms with Crippen LogP contribution >= 0.6 is 21.6 Å². The fourth-order valence-corrected chi connectivity index (χ4v) is 10.7. The first kappa shape index (κ1) is 64.3. The van der Waals surface area contributed by atoms with Gasteiger partial charge < -0.3 is 84.0 Å². The summed E-state index contributed by atoms with van der Waals surface area (Å²) in [4.78, 5) is 148. The highest BCUT2D eigenvalue weighted by Crippen LogP contribution is 2.23. The van der Waals surface area contributed by atoms with Crippen LogP contribution in [0, 0.1) is 5.92 Å². The second kappa shape index (κ2) is 30.9. The van der Waals surface area contributed by atoms with Crippen LogP contribution in [-0.2, 0) is 67.2 Å². The molecule has 0 aliphatic carbocycles. The topological polar surface area (TPSA) is 430 Å². The largest absolute Gasteiger partial charge is 0.480 e.